The van der Waals surface area contributed by atoms with E-state index in [0.717, 1.165) is 78.1 Å². The minimum Gasteiger partial charge on any atom is -0.457 e. The molecule has 0 bridgehead atoms. The number of para-hydroxylation sites is 3. The molecule has 3 aromatic heterocycles. The second kappa shape index (κ2) is 15.8. The van der Waals surface area contributed by atoms with E-state index in [9.17, 15) is 0 Å². The molecule has 0 fully saturated rings. The van der Waals surface area contributed by atoms with Gasteiger partial charge in [-0.3, -0.25) is 4.57 Å². The second-order valence-electron chi connectivity index (χ2n) is 20.1. The standard InChI is InChI=1S/C62H52N4O2/c1-61(2,3)42-32-33-63-57(36-42)66-54-31-30-48-47-24-13-16-27-56(47)68-60(48)58(54)49-29-28-46(38-55(49)66)67-45-23-17-22-44(37-45)64-39-65(53-26-15-14-25-52(53)64)59-50(40-18-9-7-10-19-40)34-43(62(4,5)6)35-51(59)41-20-11-8-12-21-41/h7-38H,39H2,1-6H3. The van der Waals surface area contributed by atoms with Crippen molar-refractivity contribution < 1.29 is 9.15 Å². The number of anilines is 4. The van der Waals surface area contributed by atoms with Crippen LogP contribution < -0.4 is 14.5 Å². The Kier molecular flexibility index (Phi) is 9.59. The summed E-state index contributed by atoms with van der Waals surface area (Å²) in [6, 6.07) is 67.1. The number of pyridine rings is 1. The Morgan fingerprint density at radius 3 is 1.84 bits per heavy atom. The first-order valence-corrected chi connectivity index (χ1v) is 23.5. The van der Waals surface area contributed by atoms with Crippen LogP contribution in [0.5, 0.6) is 11.5 Å². The number of benzene rings is 8. The maximum Gasteiger partial charge on any atom is 0.145 e. The van der Waals surface area contributed by atoms with Gasteiger partial charge in [0, 0.05) is 51.3 Å². The summed E-state index contributed by atoms with van der Waals surface area (Å²) in [5, 5.41) is 4.33. The number of furan rings is 1. The Morgan fingerprint density at radius 2 is 1.13 bits per heavy atom. The highest BCUT2D eigenvalue weighted by Crippen LogP contribution is 2.52. The molecule has 0 aliphatic carbocycles. The molecule has 6 heteroatoms. The summed E-state index contributed by atoms with van der Waals surface area (Å²) in [6.07, 6.45) is 1.92. The van der Waals surface area contributed by atoms with Gasteiger partial charge in [0.05, 0.1) is 33.5 Å². The molecular weight excluding hydrogens is 833 g/mol. The van der Waals surface area contributed by atoms with Gasteiger partial charge >= 0.3 is 0 Å². The molecule has 1 aliphatic heterocycles. The highest BCUT2D eigenvalue weighted by atomic mass is 16.5. The third kappa shape index (κ3) is 6.98. The van der Waals surface area contributed by atoms with E-state index in [2.05, 4.69) is 226 Å². The van der Waals surface area contributed by atoms with Gasteiger partial charge in [-0.05, 0) is 112 Å². The first kappa shape index (κ1) is 41.3. The van der Waals surface area contributed by atoms with Gasteiger partial charge in [0.25, 0.3) is 0 Å². The molecule has 0 atom stereocenters. The van der Waals surface area contributed by atoms with Crippen LogP contribution in [0.25, 0.3) is 71.8 Å². The molecule has 8 aromatic carbocycles. The number of nitrogens with zero attached hydrogens (tertiary/aromatic N) is 4. The maximum atomic E-state index is 6.89. The summed E-state index contributed by atoms with van der Waals surface area (Å²) in [5.41, 5.74) is 15.5. The van der Waals surface area contributed by atoms with Gasteiger partial charge in [0.2, 0.25) is 0 Å². The number of aromatic nitrogens is 2. The van der Waals surface area contributed by atoms with Gasteiger partial charge in [-0.1, -0.05) is 139 Å². The van der Waals surface area contributed by atoms with Gasteiger partial charge in [0.1, 0.15) is 35.2 Å². The van der Waals surface area contributed by atoms with Crippen molar-refractivity contribution in [3.8, 4) is 39.6 Å². The van der Waals surface area contributed by atoms with E-state index < -0.39 is 0 Å². The SMILES string of the molecule is CC(C)(C)c1ccnc(-n2c3cc(Oc4cccc(N5CN(c6c(-c7ccccc7)cc(C(C)(C)C)cc6-c6ccccc6)c6ccccc65)c4)ccc3c3c4oc5ccccc5c4ccc32)c1. The van der Waals surface area contributed by atoms with Crippen LogP contribution in [0.1, 0.15) is 52.7 Å². The van der Waals surface area contributed by atoms with E-state index >= 15 is 0 Å². The minimum absolute atomic E-state index is 0.0557. The summed E-state index contributed by atoms with van der Waals surface area (Å²) in [7, 11) is 0. The molecule has 0 saturated heterocycles. The maximum absolute atomic E-state index is 6.89. The van der Waals surface area contributed by atoms with Gasteiger partial charge in [-0.25, -0.2) is 4.98 Å². The zero-order chi connectivity index (χ0) is 46.3. The summed E-state index contributed by atoms with van der Waals surface area (Å²) >= 11 is 0. The molecule has 0 radical (unpaired) electrons. The van der Waals surface area contributed by atoms with E-state index in [0.29, 0.717) is 6.67 Å². The van der Waals surface area contributed by atoms with Crippen molar-refractivity contribution in [3.63, 3.8) is 0 Å². The Bertz CT molecular complexity index is 3660. The molecular formula is C62H52N4O2. The fourth-order valence-corrected chi connectivity index (χ4v) is 10.1. The van der Waals surface area contributed by atoms with E-state index in [1.165, 1.54) is 39.1 Å². The van der Waals surface area contributed by atoms with Crippen LogP contribution in [0.15, 0.2) is 199 Å². The first-order chi connectivity index (χ1) is 33.0. The van der Waals surface area contributed by atoms with Gasteiger partial charge < -0.3 is 19.0 Å². The summed E-state index contributed by atoms with van der Waals surface area (Å²) in [4.78, 5) is 9.87. The van der Waals surface area contributed by atoms with Crippen LogP contribution in [-0.2, 0) is 10.8 Å². The van der Waals surface area contributed by atoms with E-state index in [4.69, 9.17) is 14.1 Å². The van der Waals surface area contributed by atoms with E-state index in [1.807, 2.05) is 24.4 Å². The topological polar surface area (TPSA) is 46.7 Å². The van der Waals surface area contributed by atoms with Crippen molar-refractivity contribution in [1.82, 2.24) is 9.55 Å². The molecule has 11 aromatic rings. The minimum atomic E-state index is -0.0582. The van der Waals surface area contributed by atoms with Crippen molar-refractivity contribution >= 4 is 66.5 Å². The molecule has 0 spiro atoms. The lowest BCUT2D eigenvalue weighted by atomic mass is 9.82. The zero-order valence-electron chi connectivity index (χ0n) is 39.3. The van der Waals surface area contributed by atoms with Gasteiger partial charge in [0.15, 0.2) is 0 Å². The average molecular weight is 885 g/mol. The largest absolute Gasteiger partial charge is 0.457 e. The first-order valence-electron chi connectivity index (χ1n) is 23.5. The predicted octanol–water partition coefficient (Wildman–Crippen LogP) is 17.0. The fraction of sp³-hybridized carbons (Fsp3) is 0.145. The third-order valence-electron chi connectivity index (χ3n) is 13.6. The predicted molar refractivity (Wildman–Crippen MR) is 283 cm³/mol. The Labute approximate surface area is 397 Å². The van der Waals surface area contributed by atoms with E-state index in [1.54, 1.807) is 0 Å². The van der Waals surface area contributed by atoms with Crippen molar-refractivity contribution in [1.29, 1.82) is 0 Å². The highest BCUT2D eigenvalue weighted by Gasteiger charge is 2.33. The normalized spacial score (nSPS) is 13.0. The molecule has 0 N–H and O–H groups in total. The molecule has 1 aliphatic rings. The molecule has 0 saturated carbocycles. The Morgan fingerprint density at radius 1 is 0.500 bits per heavy atom. The number of ether oxygens (including phenoxy) is 1. The molecule has 332 valence electrons. The average Bonchev–Trinajstić information content (AvgIpc) is 4.03. The second-order valence-corrected chi connectivity index (χ2v) is 20.1. The van der Waals surface area contributed by atoms with Crippen molar-refractivity contribution in [3.05, 3.63) is 205 Å². The smallest absolute Gasteiger partial charge is 0.145 e. The Balaban J connectivity index is 0.964. The number of hydrogen-bond donors (Lipinski definition) is 0. The quantitative estimate of drug-likeness (QED) is 0.160. The van der Waals surface area contributed by atoms with Crippen LogP contribution in [0, 0.1) is 0 Å². The van der Waals surface area contributed by atoms with Crippen LogP contribution >= 0.6 is 0 Å². The van der Waals surface area contributed by atoms with Crippen molar-refractivity contribution in [2.45, 2.75) is 52.4 Å². The number of hydrogen-bond acceptors (Lipinski definition) is 5. The number of rotatable bonds is 7. The Hall–Kier alpha value is -8.09. The van der Waals surface area contributed by atoms with Crippen LogP contribution in [0.2, 0.25) is 0 Å². The summed E-state index contributed by atoms with van der Waals surface area (Å²) in [5.74, 6) is 2.33. The zero-order valence-corrected chi connectivity index (χ0v) is 39.3. The van der Waals surface area contributed by atoms with Crippen LogP contribution in [0.4, 0.5) is 22.7 Å². The summed E-state index contributed by atoms with van der Waals surface area (Å²) in [6.45, 7) is 14.2. The molecule has 68 heavy (non-hydrogen) atoms. The lowest BCUT2D eigenvalue weighted by Gasteiger charge is -2.30. The van der Waals surface area contributed by atoms with Gasteiger partial charge in [-0.2, -0.15) is 0 Å². The summed E-state index contributed by atoms with van der Waals surface area (Å²) < 4.78 is 15.8. The lowest BCUT2D eigenvalue weighted by molar-refractivity contribution is 0.483. The fourth-order valence-electron chi connectivity index (χ4n) is 10.1. The molecule has 0 amide bonds. The molecule has 4 heterocycles. The molecule has 12 rings (SSSR count). The molecule has 0 unspecified atom stereocenters. The van der Waals surface area contributed by atoms with Crippen molar-refractivity contribution in [2.75, 3.05) is 16.5 Å². The van der Waals surface area contributed by atoms with Gasteiger partial charge in [-0.15, -0.1) is 0 Å². The molecule has 6 nitrogen and oxygen atoms in total. The highest BCUT2D eigenvalue weighted by molar-refractivity contribution is 6.24. The number of fused-ring (bicyclic) bond motifs is 8. The van der Waals surface area contributed by atoms with Crippen LogP contribution in [-0.4, -0.2) is 16.2 Å². The van der Waals surface area contributed by atoms with Crippen LogP contribution in [0.3, 0.4) is 0 Å². The third-order valence-corrected chi connectivity index (χ3v) is 13.6. The van der Waals surface area contributed by atoms with E-state index in [-0.39, 0.29) is 10.8 Å². The monoisotopic (exact) mass is 884 g/mol. The van der Waals surface area contributed by atoms with Crippen molar-refractivity contribution in [2.24, 2.45) is 0 Å². The lowest BCUT2D eigenvalue weighted by Crippen LogP contribution is -2.25.